The molecule has 0 aliphatic carbocycles. The van der Waals surface area contributed by atoms with Crippen LogP contribution in [-0.4, -0.2) is 54.8 Å². The Hall–Kier alpha value is -1.59. The predicted octanol–water partition coefficient (Wildman–Crippen LogP) is 2.71. The summed E-state index contributed by atoms with van der Waals surface area (Å²) in [5.74, 6) is 0.362. The molecule has 2 heterocycles. The Morgan fingerprint density at radius 1 is 1.25 bits per heavy atom. The summed E-state index contributed by atoms with van der Waals surface area (Å²) in [5.41, 5.74) is 1.18. The minimum Gasteiger partial charge on any atom is -0.479 e. The van der Waals surface area contributed by atoms with Crippen LogP contribution in [0.2, 0.25) is 0 Å². The van der Waals surface area contributed by atoms with Crippen LogP contribution in [0.15, 0.2) is 18.2 Å². The first-order chi connectivity index (χ1) is 11.6. The summed E-state index contributed by atoms with van der Waals surface area (Å²) < 4.78 is 5.69. The fourth-order valence-corrected chi connectivity index (χ4v) is 3.47. The zero-order valence-electron chi connectivity index (χ0n) is 14.0. The average molecular weight is 351 g/mol. The van der Waals surface area contributed by atoms with Gasteiger partial charge in [0.15, 0.2) is 11.9 Å². The molecule has 0 spiro atoms. The third-order valence-corrected chi connectivity index (χ3v) is 4.94. The molecule has 1 saturated heterocycles. The molecule has 6 heteroatoms. The van der Waals surface area contributed by atoms with Crippen LogP contribution in [0.25, 0.3) is 0 Å². The number of Topliss-reactive ketones (excluding diaryl/α,β-unsaturated/α-hetero) is 1. The van der Waals surface area contributed by atoms with Gasteiger partial charge in [0.25, 0.3) is 5.91 Å². The molecule has 1 fully saturated rings. The summed E-state index contributed by atoms with van der Waals surface area (Å²) in [6.07, 6.45) is 3.22. The van der Waals surface area contributed by atoms with Gasteiger partial charge in [-0.05, 0) is 51.1 Å². The van der Waals surface area contributed by atoms with E-state index in [1.54, 1.807) is 30.0 Å². The SMILES string of the molecule is CC1Oc2ccc(C(=O)CCl)cc2N(CCN2CCCCC2)C1=O. The van der Waals surface area contributed by atoms with Gasteiger partial charge in [0, 0.05) is 18.7 Å². The normalized spacial score (nSPS) is 21.3. The van der Waals surface area contributed by atoms with Crippen molar-refractivity contribution < 1.29 is 14.3 Å². The maximum absolute atomic E-state index is 12.6. The number of amides is 1. The van der Waals surface area contributed by atoms with Gasteiger partial charge in [-0.15, -0.1) is 11.6 Å². The van der Waals surface area contributed by atoms with Gasteiger partial charge >= 0.3 is 0 Å². The topological polar surface area (TPSA) is 49.9 Å². The van der Waals surface area contributed by atoms with Crippen molar-refractivity contribution in [2.24, 2.45) is 0 Å². The second-order valence-corrected chi connectivity index (χ2v) is 6.66. The van der Waals surface area contributed by atoms with Gasteiger partial charge in [-0.3, -0.25) is 9.59 Å². The summed E-state index contributed by atoms with van der Waals surface area (Å²) in [7, 11) is 0. The van der Waals surface area contributed by atoms with Crippen LogP contribution < -0.4 is 9.64 Å². The molecule has 1 unspecified atom stereocenters. The number of carbonyl (C=O) groups is 2. The van der Waals surface area contributed by atoms with Gasteiger partial charge < -0.3 is 14.5 Å². The lowest BCUT2D eigenvalue weighted by Gasteiger charge is -2.35. The number of anilines is 1. The van der Waals surface area contributed by atoms with Crippen LogP contribution >= 0.6 is 11.6 Å². The summed E-state index contributed by atoms with van der Waals surface area (Å²) in [4.78, 5) is 28.6. The predicted molar refractivity (Wildman–Crippen MR) is 94.2 cm³/mol. The van der Waals surface area contributed by atoms with E-state index in [-0.39, 0.29) is 17.6 Å². The van der Waals surface area contributed by atoms with Crippen LogP contribution in [0.5, 0.6) is 5.75 Å². The number of piperidine rings is 1. The molecule has 3 rings (SSSR count). The molecule has 2 aliphatic heterocycles. The van der Waals surface area contributed by atoms with Crippen molar-refractivity contribution in [1.82, 2.24) is 4.90 Å². The Morgan fingerprint density at radius 2 is 2.00 bits per heavy atom. The number of hydrogen-bond donors (Lipinski definition) is 0. The molecular weight excluding hydrogens is 328 g/mol. The number of ether oxygens (including phenoxy) is 1. The number of likely N-dealkylation sites (tertiary alicyclic amines) is 1. The van der Waals surface area contributed by atoms with Gasteiger partial charge in [-0.25, -0.2) is 0 Å². The van der Waals surface area contributed by atoms with Gasteiger partial charge in [0.1, 0.15) is 5.75 Å². The first-order valence-corrected chi connectivity index (χ1v) is 9.07. The summed E-state index contributed by atoms with van der Waals surface area (Å²) in [6.45, 7) is 5.39. The average Bonchev–Trinajstić information content (AvgIpc) is 2.62. The fourth-order valence-electron chi connectivity index (χ4n) is 3.31. The molecule has 1 aromatic rings. The molecule has 5 nitrogen and oxygen atoms in total. The summed E-state index contributed by atoms with van der Waals surface area (Å²) in [6, 6.07) is 5.18. The Labute approximate surface area is 147 Å². The number of nitrogens with zero attached hydrogens (tertiary/aromatic N) is 2. The maximum Gasteiger partial charge on any atom is 0.267 e. The van der Waals surface area contributed by atoms with Crippen LogP contribution in [0, 0.1) is 0 Å². The highest BCUT2D eigenvalue weighted by Crippen LogP contribution is 2.35. The van der Waals surface area contributed by atoms with E-state index >= 15 is 0 Å². The van der Waals surface area contributed by atoms with Gasteiger partial charge in [-0.1, -0.05) is 6.42 Å². The van der Waals surface area contributed by atoms with Crippen LogP contribution in [-0.2, 0) is 4.79 Å². The molecule has 0 aromatic heterocycles. The number of rotatable bonds is 5. The molecule has 0 bridgehead atoms. The molecule has 1 atom stereocenters. The van der Waals surface area contributed by atoms with E-state index in [1.807, 2.05) is 0 Å². The lowest BCUT2D eigenvalue weighted by Crippen LogP contribution is -2.48. The number of halogens is 1. The molecular formula is C18H23ClN2O3. The molecule has 1 aromatic carbocycles. The smallest absolute Gasteiger partial charge is 0.267 e. The van der Waals surface area contributed by atoms with Crippen molar-refractivity contribution in [3.05, 3.63) is 23.8 Å². The molecule has 130 valence electrons. The highest BCUT2D eigenvalue weighted by atomic mass is 35.5. The van der Waals surface area contributed by atoms with Crippen molar-refractivity contribution in [3.8, 4) is 5.75 Å². The van der Waals surface area contributed by atoms with E-state index in [4.69, 9.17) is 16.3 Å². The van der Waals surface area contributed by atoms with E-state index in [0.717, 1.165) is 19.6 Å². The molecule has 2 aliphatic rings. The van der Waals surface area contributed by atoms with Crippen molar-refractivity contribution in [1.29, 1.82) is 0 Å². The molecule has 0 radical (unpaired) electrons. The van der Waals surface area contributed by atoms with Crippen LogP contribution in [0.4, 0.5) is 5.69 Å². The largest absolute Gasteiger partial charge is 0.479 e. The lowest BCUT2D eigenvalue weighted by atomic mass is 10.1. The zero-order valence-corrected chi connectivity index (χ0v) is 14.7. The van der Waals surface area contributed by atoms with Gasteiger partial charge in [0.2, 0.25) is 0 Å². The second kappa shape index (κ2) is 7.53. The second-order valence-electron chi connectivity index (χ2n) is 6.39. The quantitative estimate of drug-likeness (QED) is 0.605. The first-order valence-electron chi connectivity index (χ1n) is 8.54. The highest BCUT2D eigenvalue weighted by Gasteiger charge is 2.32. The standard InChI is InChI=1S/C18H23ClN2O3/c1-13-18(23)21(10-9-20-7-3-2-4-8-20)15-11-14(16(22)12-19)5-6-17(15)24-13/h5-6,11,13H,2-4,7-10,12H2,1H3. The third-order valence-electron chi connectivity index (χ3n) is 4.70. The number of benzene rings is 1. The minimum absolute atomic E-state index is 0.0602. The molecule has 24 heavy (non-hydrogen) atoms. The Kier molecular flexibility index (Phi) is 5.41. The monoisotopic (exact) mass is 350 g/mol. The fraction of sp³-hybridized carbons (Fsp3) is 0.556. The van der Waals surface area contributed by atoms with Crippen LogP contribution in [0.1, 0.15) is 36.5 Å². The van der Waals surface area contributed by atoms with Crippen molar-refractivity contribution >= 4 is 29.0 Å². The molecule has 0 saturated carbocycles. The third kappa shape index (κ3) is 3.57. The van der Waals surface area contributed by atoms with E-state index in [0.29, 0.717) is 23.5 Å². The number of alkyl halides is 1. The van der Waals surface area contributed by atoms with Crippen molar-refractivity contribution in [2.75, 3.05) is 37.0 Å². The lowest BCUT2D eigenvalue weighted by molar-refractivity contribution is -0.125. The number of fused-ring (bicyclic) bond motifs is 1. The number of ketones is 1. The highest BCUT2D eigenvalue weighted by molar-refractivity contribution is 6.30. The number of hydrogen-bond acceptors (Lipinski definition) is 4. The molecule has 1 amide bonds. The number of carbonyl (C=O) groups excluding carboxylic acids is 2. The summed E-state index contributed by atoms with van der Waals surface area (Å²) >= 11 is 5.65. The van der Waals surface area contributed by atoms with Crippen molar-refractivity contribution in [3.63, 3.8) is 0 Å². The molecule has 0 N–H and O–H groups in total. The Balaban J connectivity index is 1.81. The minimum atomic E-state index is -0.506. The van der Waals surface area contributed by atoms with E-state index in [9.17, 15) is 9.59 Å². The summed E-state index contributed by atoms with van der Waals surface area (Å²) in [5, 5.41) is 0. The zero-order chi connectivity index (χ0) is 17.1. The van der Waals surface area contributed by atoms with E-state index in [1.165, 1.54) is 19.3 Å². The van der Waals surface area contributed by atoms with Gasteiger partial charge in [-0.2, -0.15) is 0 Å². The van der Waals surface area contributed by atoms with Crippen LogP contribution in [0.3, 0.4) is 0 Å². The maximum atomic E-state index is 12.6. The van der Waals surface area contributed by atoms with E-state index in [2.05, 4.69) is 4.90 Å². The van der Waals surface area contributed by atoms with Crippen molar-refractivity contribution in [2.45, 2.75) is 32.3 Å². The van der Waals surface area contributed by atoms with E-state index < -0.39 is 6.10 Å². The van der Waals surface area contributed by atoms with Gasteiger partial charge in [0.05, 0.1) is 11.6 Å². The Bertz CT molecular complexity index is 629. The Morgan fingerprint density at radius 3 is 2.71 bits per heavy atom. The first kappa shape index (κ1) is 17.2.